The molecule has 2 heterocycles. The van der Waals surface area contributed by atoms with Gasteiger partial charge in [-0.3, -0.25) is 0 Å². The van der Waals surface area contributed by atoms with E-state index in [9.17, 15) is 5.11 Å². The van der Waals surface area contributed by atoms with E-state index in [2.05, 4.69) is 0 Å². The molecule has 6 nitrogen and oxygen atoms in total. The van der Waals surface area contributed by atoms with E-state index in [4.69, 9.17) is 23.7 Å². The van der Waals surface area contributed by atoms with Crippen LogP contribution in [-0.2, 0) is 0 Å². The van der Waals surface area contributed by atoms with Gasteiger partial charge in [0.15, 0.2) is 23.0 Å². The van der Waals surface area contributed by atoms with E-state index in [1.165, 1.54) is 0 Å². The highest BCUT2D eigenvalue weighted by Gasteiger charge is 2.39. The Morgan fingerprint density at radius 3 is 2.48 bits per heavy atom. The molecule has 0 amide bonds. The third kappa shape index (κ3) is 2.44. The van der Waals surface area contributed by atoms with E-state index in [0.717, 1.165) is 11.1 Å². The van der Waals surface area contributed by atoms with E-state index >= 15 is 0 Å². The molecule has 0 spiro atoms. The summed E-state index contributed by atoms with van der Waals surface area (Å²) in [5.74, 6) is 2.86. The molecule has 25 heavy (non-hydrogen) atoms. The van der Waals surface area contributed by atoms with Crippen LogP contribution in [0.3, 0.4) is 0 Å². The summed E-state index contributed by atoms with van der Waals surface area (Å²) < 4.78 is 27.7. The molecule has 0 aliphatic carbocycles. The minimum Gasteiger partial charge on any atom is -0.493 e. The number of aliphatic hydroxyl groups excluding tert-OH is 1. The molecule has 3 atom stereocenters. The lowest BCUT2D eigenvalue weighted by molar-refractivity contribution is -0.0730. The molecular formula is C19H20O6. The number of benzene rings is 2. The molecule has 0 fully saturated rings. The van der Waals surface area contributed by atoms with Crippen molar-refractivity contribution in [3.05, 3.63) is 41.5 Å². The summed E-state index contributed by atoms with van der Waals surface area (Å²) >= 11 is 0. The first kappa shape index (κ1) is 15.9. The van der Waals surface area contributed by atoms with Crippen molar-refractivity contribution in [1.29, 1.82) is 0 Å². The highest BCUT2D eigenvalue weighted by Crippen LogP contribution is 2.51. The van der Waals surface area contributed by atoms with Crippen LogP contribution in [0.2, 0.25) is 0 Å². The van der Waals surface area contributed by atoms with Gasteiger partial charge in [-0.25, -0.2) is 0 Å². The van der Waals surface area contributed by atoms with E-state index in [-0.39, 0.29) is 18.6 Å². The first-order valence-corrected chi connectivity index (χ1v) is 8.13. The lowest BCUT2D eigenvalue weighted by Gasteiger charge is -2.36. The SMILES string of the molecule is COc1cccc([C@@H]2c3cc4c(cc3O[C@@H](O)[C@@H]2C)OCO4)c1OC. The van der Waals surface area contributed by atoms with Gasteiger partial charge in [0.25, 0.3) is 0 Å². The van der Waals surface area contributed by atoms with Crippen molar-refractivity contribution in [2.75, 3.05) is 21.0 Å². The number of ether oxygens (including phenoxy) is 5. The lowest BCUT2D eigenvalue weighted by Crippen LogP contribution is -2.34. The normalized spacial score (nSPS) is 23.6. The van der Waals surface area contributed by atoms with Gasteiger partial charge in [-0.15, -0.1) is 0 Å². The Bertz CT molecular complexity index is 803. The molecule has 0 unspecified atom stereocenters. The van der Waals surface area contributed by atoms with Crippen LogP contribution < -0.4 is 23.7 Å². The van der Waals surface area contributed by atoms with Crippen molar-refractivity contribution in [3.8, 4) is 28.7 Å². The molecule has 0 radical (unpaired) electrons. The van der Waals surface area contributed by atoms with Crippen LogP contribution in [0.1, 0.15) is 24.0 Å². The van der Waals surface area contributed by atoms with Gasteiger partial charge in [-0.1, -0.05) is 19.1 Å². The smallest absolute Gasteiger partial charge is 0.231 e. The van der Waals surface area contributed by atoms with Crippen LogP contribution >= 0.6 is 0 Å². The summed E-state index contributed by atoms with van der Waals surface area (Å²) in [6, 6.07) is 9.44. The standard InChI is InChI=1S/C19H20O6/c1-10-17(11-5-4-6-13(21-2)18(11)22-3)12-7-15-16(24-9-23-15)8-14(12)25-19(10)20/h4-8,10,17,19-20H,9H2,1-3H3/t10-,17-,19-/m1/s1. The van der Waals surface area contributed by atoms with Crippen LogP contribution in [0.5, 0.6) is 28.7 Å². The quantitative estimate of drug-likeness (QED) is 0.923. The number of para-hydroxylation sites is 1. The van der Waals surface area contributed by atoms with Crippen LogP contribution in [0, 0.1) is 5.92 Å². The fraction of sp³-hybridized carbons (Fsp3) is 0.368. The van der Waals surface area contributed by atoms with Gasteiger partial charge in [0, 0.05) is 29.0 Å². The van der Waals surface area contributed by atoms with Crippen molar-refractivity contribution in [2.45, 2.75) is 19.1 Å². The van der Waals surface area contributed by atoms with Crippen molar-refractivity contribution >= 4 is 0 Å². The maximum Gasteiger partial charge on any atom is 0.231 e. The Morgan fingerprint density at radius 1 is 1.00 bits per heavy atom. The fourth-order valence-corrected chi connectivity index (χ4v) is 3.58. The van der Waals surface area contributed by atoms with Crippen LogP contribution in [0.4, 0.5) is 0 Å². The number of fused-ring (bicyclic) bond motifs is 2. The summed E-state index contributed by atoms with van der Waals surface area (Å²) in [6.07, 6.45) is -0.936. The fourth-order valence-electron chi connectivity index (χ4n) is 3.58. The van der Waals surface area contributed by atoms with Gasteiger partial charge in [-0.2, -0.15) is 0 Å². The number of aliphatic hydroxyl groups is 1. The lowest BCUT2D eigenvalue weighted by atomic mass is 9.78. The summed E-state index contributed by atoms with van der Waals surface area (Å²) in [6.45, 7) is 2.13. The molecule has 0 saturated carbocycles. The summed E-state index contributed by atoms with van der Waals surface area (Å²) in [4.78, 5) is 0. The molecule has 0 saturated heterocycles. The van der Waals surface area contributed by atoms with Crippen molar-refractivity contribution in [1.82, 2.24) is 0 Å². The highest BCUT2D eigenvalue weighted by molar-refractivity contribution is 5.59. The maximum atomic E-state index is 10.4. The minimum atomic E-state index is -0.936. The Balaban J connectivity index is 1.90. The largest absolute Gasteiger partial charge is 0.493 e. The minimum absolute atomic E-state index is 0.140. The Labute approximate surface area is 145 Å². The van der Waals surface area contributed by atoms with Crippen LogP contribution in [0.25, 0.3) is 0 Å². The molecule has 132 valence electrons. The average Bonchev–Trinajstić information content (AvgIpc) is 3.08. The van der Waals surface area contributed by atoms with Gasteiger partial charge in [0.1, 0.15) is 5.75 Å². The zero-order chi connectivity index (χ0) is 17.6. The van der Waals surface area contributed by atoms with Crippen LogP contribution in [0.15, 0.2) is 30.3 Å². The van der Waals surface area contributed by atoms with E-state index in [1.807, 2.05) is 31.2 Å². The maximum absolute atomic E-state index is 10.4. The summed E-state index contributed by atoms with van der Waals surface area (Å²) in [5, 5.41) is 10.4. The second-order valence-electron chi connectivity index (χ2n) is 6.17. The second-order valence-corrected chi connectivity index (χ2v) is 6.17. The molecule has 0 aromatic heterocycles. The first-order chi connectivity index (χ1) is 12.1. The summed E-state index contributed by atoms with van der Waals surface area (Å²) in [7, 11) is 3.22. The predicted molar refractivity (Wildman–Crippen MR) is 89.8 cm³/mol. The number of hydrogen-bond donors (Lipinski definition) is 1. The number of methoxy groups -OCH3 is 2. The predicted octanol–water partition coefficient (Wildman–Crippen LogP) is 2.91. The van der Waals surface area contributed by atoms with E-state index in [1.54, 1.807) is 20.3 Å². The zero-order valence-corrected chi connectivity index (χ0v) is 14.3. The van der Waals surface area contributed by atoms with Gasteiger partial charge in [0.2, 0.25) is 13.1 Å². The highest BCUT2D eigenvalue weighted by atomic mass is 16.7. The third-order valence-corrected chi connectivity index (χ3v) is 4.83. The Hall–Kier alpha value is -2.60. The molecule has 4 rings (SSSR count). The zero-order valence-electron chi connectivity index (χ0n) is 14.3. The number of hydrogen-bond acceptors (Lipinski definition) is 6. The molecule has 0 bridgehead atoms. The van der Waals surface area contributed by atoms with Gasteiger partial charge >= 0.3 is 0 Å². The molecule has 2 aromatic carbocycles. The van der Waals surface area contributed by atoms with Crippen LogP contribution in [-0.4, -0.2) is 32.4 Å². The van der Waals surface area contributed by atoms with Crippen molar-refractivity contribution in [2.24, 2.45) is 5.92 Å². The molecule has 2 aliphatic heterocycles. The van der Waals surface area contributed by atoms with Crippen molar-refractivity contribution < 1.29 is 28.8 Å². The van der Waals surface area contributed by atoms with Gasteiger partial charge in [-0.05, 0) is 12.1 Å². The number of rotatable bonds is 3. The Morgan fingerprint density at radius 2 is 1.76 bits per heavy atom. The molecule has 6 heteroatoms. The van der Waals surface area contributed by atoms with Crippen molar-refractivity contribution in [3.63, 3.8) is 0 Å². The van der Waals surface area contributed by atoms with Gasteiger partial charge in [0.05, 0.1) is 14.2 Å². The topological polar surface area (TPSA) is 66.4 Å². The summed E-state index contributed by atoms with van der Waals surface area (Å²) in [5.41, 5.74) is 1.85. The molecule has 1 N–H and O–H groups in total. The average molecular weight is 344 g/mol. The second kappa shape index (κ2) is 6.04. The third-order valence-electron chi connectivity index (χ3n) is 4.83. The molecule has 2 aliphatic rings. The van der Waals surface area contributed by atoms with Gasteiger partial charge < -0.3 is 28.8 Å². The Kier molecular flexibility index (Phi) is 3.84. The van der Waals surface area contributed by atoms with E-state index in [0.29, 0.717) is 28.7 Å². The first-order valence-electron chi connectivity index (χ1n) is 8.13. The molecule has 2 aromatic rings. The monoisotopic (exact) mass is 344 g/mol. The molecular weight excluding hydrogens is 324 g/mol. The van der Waals surface area contributed by atoms with E-state index < -0.39 is 6.29 Å².